The van der Waals surface area contributed by atoms with Gasteiger partial charge in [0.25, 0.3) is 0 Å². The van der Waals surface area contributed by atoms with Crippen LogP contribution in [0.25, 0.3) is 0 Å². The number of hydrogen-bond acceptors (Lipinski definition) is 9. The minimum Gasteiger partial charge on any atom is -0.481 e. The monoisotopic (exact) mass is 638 g/mol. The van der Waals surface area contributed by atoms with Gasteiger partial charge < -0.3 is 25.0 Å². The highest BCUT2D eigenvalue weighted by Crippen LogP contribution is 2.38. The van der Waals surface area contributed by atoms with Crippen LogP contribution in [0.4, 0.5) is 9.18 Å². The van der Waals surface area contributed by atoms with Crippen LogP contribution in [-0.2, 0) is 14.3 Å². The number of thiazole rings is 1. The summed E-state index contributed by atoms with van der Waals surface area (Å²) in [7, 11) is 0. The number of aromatic nitrogens is 1. The number of carbonyl (C=O) groups excluding carboxylic acids is 2. The van der Waals surface area contributed by atoms with Crippen LogP contribution in [0.15, 0.2) is 46.0 Å². The van der Waals surface area contributed by atoms with E-state index < -0.39 is 23.5 Å². The molecule has 2 saturated heterocycles. The fourth-order valence-electron chi connectivity index (χ4n) is 7.25. The lowest BCUT2D eigenvalue weighted by Crippen LogP contribution is -2.60. The summed E-state index contributed by atoms with van der Waals surface area (Å²) in [6.45, 7) is 8.32. The number of aliphatic carboxylic acids is 1. The molecule has 0 spiro atoms. The van der Waals surface area contributed by atoms with Gasteiger partial charge in [0.2, 0.25) is 0 Å². The molecule has 2 aromatic rings. The Morgan fingerprint density at radius 3 is 2.67 bits per heavy atom. The zero-order valence-corrected chi connectivity index (χ0v) is 26.6. The molecule has 11 nitrogen and oxygen atoms in total. The number of aliphatic imine (C=N–C) groups is 1. The summed E-state index contributed by atoms with van der Waals surface area (Å²) in [4.78, 5) is 54.1. The zero-order chi connectivity index (χ0) is 31.9. The largest absolute Gasteiger partial charge is 0.481 e. The Kier molecular flexibility index (Phi) is 8.66. The Bertz CT molecular complexity index is 1540. The number of carbonyl (C=O) groups is 3. The number of urea groups is 1. The summed E-state index contributed by atoms with van der Waals surface area (Å²) in [5.41, 5.74) is 1.49. The van der Waals surface area contributed by atoms with Gasteiger partial charge in [-0.15, -0.1) is 11.3 Å². The molecule has 2 N–H and O–H groups in total. The van der Waals surface area contributed by atoms with Gasteiger partial charge >= 0.3 is 18.0 Å². The molecule has 1 aromatic carbocycles. The molecular weight excluding hydrogens is 599 g/mol. The number of carboxylic acid groups (broad SMARTS) is 1. The van der Waals surface area contributed by atoms with E-state index in [4.69, 9.17) is 9.73 Å². The Balaban J connectivity index is 1.28. The minimum atomic E-state index is -0.795. The third-order valence-corrected chi connectivity index (χ3v) is 10.4. The van der Waals surface area contributed by atoms with Crippen molar-refractivity contribution < 1.29 is 28.6 Å². The number of rotatable bonds is 8. The van der Waals surface area contributed by atoms with Gasteiger partial charge in [0.1, 0.15) is 11.9 Å². The predicted octanol–water partition coefficient (Wildman–Crippen LogP) is 3.95. The highest BCUT2D eigenvalue weighted by molar-refractivity contribution is 7.11. The quantitative estimate of drug-likeness (QED) is 0.416. The summed E-state index contributed by atoms with van der Waals surface area (Å²) in [5.74, 6) is -1.48. The summed E-state index contributed by atoms with van der Waals surface area (Å²) in [5, 5.41) is 15.3. The van der Waals surface area contributed by atoms with Crippen LogP contribution < -0.4 is 5.32 Å². The number of amides is 2. The number of fused-ring (bicyclic) bond motifs is 1. The van der Waals surface area contributed by atoms with Gasteiger partial charge in [0.05, 0.1) is 23.6 Å². The van der Waals surface area contributed by atoms with Crippen molar-refractivity contribution in [3.05, 3.63) is 63.0 Å². The Morgan fingerprint density at radius 1 is 1.20 bits per heavy atom. The molecule has 0 unspecified atom stereocenters. The number of amidine groups is 1. The van der Waals surface area contributed by atoms with E-state index in [1.54, 1.807) is 32.2 Å². The van der Waals surface area contributed by atoms with Gasteiger partial charge in [-0.05, 0) is 63.6 Å². The molecular formula is C32H39FN6O5S. The van der Waals surface area contributed by atoms with Crippen molar-refractivity contribution in [3.63, 3.8) is 0 Å². The first-order chi connectivity index (χ1) is 21.6. The molecule has 0 bridgehead atoms. The summed E-state index contributed by atoms with van der Waals surface area (Å²) < 4.78 is 20.3. The lowest BCUT2D eigenvalue weighted by Gasteiger charge is -2.44. The van der Waals surface area contributed by atoms with Crippen LogP contribution >= 0.6 is 11.3 Å². The topological polar surface area (TPSA) is 128 Å². The minimum absolute atomic E-state index is 0.0120. The summed E-state index contributed by atoms with van der Waals surface area (Å²) >= 11 is 1.42. The van der Waals surface area contributed by atoms with Crippen LogP contribution in [0.3, 0.4) is 0 Å². The van der Waals surface area contributed by atoms with E-state index in [-0.39, 0.29) is 30.4 Å². The number of nitrogens with one attached hydrogen (secondary N) is 1. The van der Waals surface area contributed by atoms with Gasteiger partial charge in [0.15, 0.2) is 10.8 Å². The fourth-order valence-corrected chi connectivity index (χ4v) is 7.84. The second kappa shape index (κ2) is 12.5. The van der Waals surface area contributed by atoms with Crippen LogP contribution in [0.2, 0.25) is 0 Å². The fraction of sp³-hybridized carbons (Fsp3) is 0.531. The molecule has 4 aliphatic rings. The van der Waals surface area contributed by atoms with Crippen molar-refractivity contribution in [2.45, 2.75) is 64.1 Å². The molecule has 2 amide bonds. The first-order valence-electron chi connectivity index (χ1n) is 15.5. The van der Waals surface area contributed by atoms with Crippen LogP contribution in [0.1, 0.15) is 61.7 Å². The number of nitrogens with zero attached hydrogens (tertiary/aromatic N) is 5. The molecule has 6 rings (SSSR count). The second-order valence-corrected chi connectivity index (χ2v) is 13.4. The first kappa shape index (κ1) is 31.2. The van der Waals surface area contributed by atoms with E-state index >= 15 is 0 Å². The Morgan fingerprint density at radius 2 is 1.98 bits per heavy atom. The van der Waals surface area contributed by atoms with E-state index in [1.165, 1.54) is 17.4 Å². The molecule has 3 aliphatic heterocycles. The van der Waals surface area contributed by atoms with Crippen molar-refractivity contribution in [1.29, 1.82) is 0 Å². The highest BCUT2D eigenvalue weighted by Gasteiger charge is 2.51. The standard InChI is InChI=1S/C32H39FN6O5S/c1-4-44-30(42)25-24(35-27(28-34-12-15-45-28)36-26(25)22-6-5-7-23(33)19(22)2)16-37-13-14-39-31(43)38(18-32(39,3)17-37)21-10-8-20(9-11-21)29(40)41/h5-7,12,15,20-21,26H,4,8-11,13-14,16-18H2,1-3H3,(H,35,36)(H,40,41)/t20?,21?,26-,32-/m0/s1. The number of halogens is 1. The molecule has 13 heteroatoms. The van der Waals surface area contributed by atoms with Gasteiger partial charge in [-0.1, -0.05) is 12.1 Å². The van der Waals surface area contributed by atoms with E-state index in [9.17, 15) is 23.9 Å². The SMILES string of the molecule is CCOC(=O)C1=C(CN2CCN3C(=O)N(C4CCC(C(=O)O)CC4)C[C@]3(C)C2)NC(c2nccs2)=N[C@H]1c1cccc(F)c1C. The van der Waals surface area contributed by atoms with Crippen molar-refractivity contribution >= 4 is 35.1 Å². The van der Waals surface area contributed by atoms with Gasteiger partial charge in [0, 0.05) is 56.0 Å². The predicted molar refractivity (Wildman–Crippen MR) is 166 cm³/mol. The van der Waals surface area contributed by atoms with Crippen molar-refractivity contribution in [3.8, 4) is 0 Å². The second-order valence-electron chi connectivity index (χ2n) is 12.5. The third kappa shape index (κ3) is 5.95. The van der Waals surface area contributed by atoms with Crippen LogP contribution in [-0.4, -0.2) is 99.5 Å². The number of hydrogen-bond donors (Lipinski definition) is 2. The molecule has 1 saturated carbocycles. The highest BCUT2D eigenvalue weighted by atomic mass is 32.1. The van der Waals surface area contributed by atoms with E-state index in [2.05, 4.69) is 22.1 Å². The maximum absolute atomic E-state index is 14.8. The molecule has 3 fully saturated rings. The maximum atomic E-state index is 14.8. The number of benzene rings is 1. The van der Waals surface area contributed by atoms with E-state index in [1.807, 2.05) is 15.2 Å². The van der Waals surface area contributed by atoms with Crippen LogP contribution in [0, 0.1) is 18.7 Å². The van der Waals surface area contributed by atoms with Gasteiger partial charge in [-0.3, -0.25) is 14.7 Å². The normalized spacial score (nSPS) is 27.2. The van der Waals surface area contributed by atoms with E-state index in [0.717, 1.165) is 0 Å². The molecule has 0 radical (unpaired) electrons. The Hall–Kier alpha value is -3.84. The Labute approximate surface area is 265 Å². The number of carboxylic acids is 1. The van der Waals surface area contributed by atoms with Crippen molar-refractivity contribution in [2.75, 3.05) is 39.3 Å². The van der Waals surface area contributed by atoms with Gasteiger partial charge in [-0.2, -0.15) is 0 Å². The molecule has 45 heavy (non-hydrogen) atoms. The van der Waals surface area contributed by atoms with E-state index in [0.29, 0.717) is 91.6 Å². The summed E-state index contributed by atoms with van der Waals surface area (Å²) in [6, 6.07) is 4.06. The molecule has 4 heterocycles. The number of piperazine rings is 1. The first-order valence-corrected chi connectivity index (χ1v) is 16.4. The lowest BCUT2D eigenvalue weighted by atomic mass is 9.85. The zero-order valence-electron chi connectivity index (χ0n) is 25.8. The molecule has 2 atom stereocenters. The summed E-state index contributed by atoms with van der Waals surface area (Å²) in [6.07, 6.45) is 4.23. The average Bonchev–Trinajstić information content (AvgIpc) is 3.64. The third-order valence-electron chi connectivity index (χ3n) is 9.57. The van der Waals surface area contributed by atoms with Crippen molar-refractivity contribution in [2.24, 2.45) is 10.9 Å². The average molecular weight is 639 g/mol. The molecule has 240 valence electrons. The number of ether oxygens (including phenoxy) is 1. The number of esters is 1. The maximum Gasteiger partial charge on any atom is 0.338 e. The molecule has 1 aliphatic carbocycles. The van der Waals surface area contributed by atoms with Crippen LogP contribution in [0.5, 0.6) is 0 Å². The van der Waals surface area contributed by atoms with Gasteiger partial charge in [-0.25, -0.2) is 19.0 Å². The smallest absolute Gasteiger partial charge is 0.338 e. The molecule has 1 aromatic heterocycles. The van der Waals surface area contributed by atoms with Crippen molar-refractivity contribution in [1.82, 2.24) is 25.0 Å². The lowest BCUT2D eigenvalue weighted by molar-refractivity contribution is -0.143.